The van der Waals surface area contributed by atoms with Crippen molar-refractivity contribution in [1.29, 1.82) is 0 Å². The summed E-state index contributed by atoms with van der Waals surface area (Å²) in [5, 5.41) is 4.73. The van der Waals surface area contributed by atoms with Crippen LogP contribution in [0.1, 0.15) is 15.2 Å². The maximum atomic E-state index is 13.7. The van der Waals surface area contributed by atoms with Crippen molar-refractivity contribution in [3.05, 3.63) is 82.3 Å². The second-order valence-electron chi connectivity index (χ2n) is 5.70. The third-order valence-electron chi connectivity index (χ3n) is 3.76. The monoisotopic (exact) mass is 404 g/mol. The number of nitrogens with one attached hydrogen (secondary N) is 2. The summed E-state index contributed by atoms with van der Waals surface area (Å²) < 4.78 is 40.9. The van der Waals surface area contributed by atoms with E-state index in [2.05, 4.69) is 10.0 Å². The number of carbonyl (C=O) groups is 1. The van der Waals surface area contributed by atoms with Crippen molar-refractivity contribution in [2.24, 2.45) is 0 Å². The van der Waals surface area contributed by atoms with Gasteiger partial charge in [-0.15, -0.1) is 11.3 Å². The highest BCUT2D eigenvalue weighted by Crippen LogP contribution is 2.19. The number of anilines is 1. The quantitative estimate of drug-likeness (QED) is 0.631. The van der Waals surface area contributed by atoms with Crippen molar-refractivity contribution >= 4 is 33.0 Å². The smallest absolute Gasteiger partial charge is 0.262 e. The van der Waals surface area contributed by atoms with E-state index in [1.54, 1.807) is 11.3 Å². The molecule has 140 valence electrons. The lowest BCUT2D eigenvalue weighted by molar-refractivity contribution is 0.0954. The minimum atomic E-state index is -4.02. The Kier molecular flexibility index (Phi) is 5.88. The largest absolute Gasteiger partial charge is 0.352 e. The topological polar surface area (TPSA) is 75.3 Å². The first-order chi connectivity index (χ1) is 13.0. The lowest BCUT2D eigenvalue weighted by Crippen LogP contribution is -2.25. The van der Waals surface area contributed by atoms with Gasteiger partial charge in [-0.25, -0.2) is 12.8 Å². The summed E-state index contributed by atoms with van der Waals surface area (Å²) in [4.78, 5) is 13.3. The lowest BCUT2D eigenvalue weighted by atomic mass is 10.2. The number of hydrogen-bond acceptors (Lipinski definition) is 4. The number of rotatable bonds is 7. The highest BCUT2D eigenvalue weighted by atomic mass is 32.2. The molecule has 0 aliphatic rings. The number of para-hydroxylation sites is 1. The van der Waals surface area contributed by atoms with Crippen molar-refractivity contribution in [2.75, 3.05) is 11.3 Å². The molecule has 2 N–H and O–H groups in total. The molecule has 5 nitrogen and oxygen atoms in total. The van der Waals surface area contributed by atoms with Gasteiger partial charge < -0.3 is 5.32 Å². The second kappa shape index (κ2) is 8.32. The molecule has 0 atom stereocenters. The Balaban J connectivity index is 1.70. The fourth-order valence-corrected chi connectivity index (χ4v) is 4.23. The van der Waals surface area contributed by atoms with E-state index in [0.717, 1.165) is 10.9 Å². The van der Waals surface area contributed by atoms with E-state index >= 15 is 0 Å². The van der Waals surface area contributed by atoms with E-state index < -0.39 is 15.8 Å². The fraction of sp³-hybridized carbons (Fsp3) is 0.105. The number of amides is 1. The predicted octanol–water partition coefficient (Wildman–Crippen LogP) is 3.66. The molecular formula is C19H17FN2O3S2. The van der Waals surface area contributed by atoms with Crippen molar-refractivity contribution < 1.29 is 17.6 Å². The SMILES string of the molecule is O=C(NCCc1cccs1)c1cccc(S(=O)(=O)Nc2ccccc2F)c1. The van der Waals surface area contributed by atoms with Crippen LogP contribution in [0.3, 0.4) is 0 Å². The molecule has 1 aromatic heterocycles. The molecule has 0 unspecified atom stereocenters. The van der Waals surface area contributed by atoms with Crippen LogP contribution in [-0.4, -0.2) is 20.9 Å². The summed E-state index contributed by atoms with van der Waals surface area (Å²) in [5.41, 5.74) is 0.0703. The summed E-state index contributed by atoms with van der Waals surface area (Å²) in [6.45, 7) is 0.448. The van der Waals surface area contributed by atoms with Gasteiger partial charge in [0.05, 0.1) is 10.6 Å². The molecule has 0 aliphatic heterocycles. The molecule has 0 saturated carbocycles. The summed E-state index contributed by atoms with van der Waals surface area (Å²) >= 11 is 1.61. The van der Waals surface area contributed by atoms with E-state index in [4.69, 9.17) is 0 Å². The first-order valence-electron chi connectivity index (χ1n) is 8.14. The molecule has 3 rings (SSSR count). The molecule has 0 saturated heterocycles. The second-order valence-corrected chi connectivity index (χ2v) is 8.41. The molecule has 3 aromatic rings. The zero-order chi connectivity index (χ0) is 19.3. The Morgan fingerprint density at radius 3 is 2.59 bits per heavy atom. The molecule has 8 heteroatoms. The molecule has 27 heavy (non-hydrogen) atoms. The van der Waals surface area contributed by atoms with E-state index in [9.17, 15) is 17.6 Å². The van der Waals surface area contributed by atoms with Crippen LogP contribution in [0, 0.1) is 5.82 Å². The van der Waals surface area contributed by atoms with Crippen LogP contribution in [0.5, 0.6) is 0 Å². The van der Waals surface area contributed by atoms with Crippen LogP contribution in [0.15, 0.2) is 70.9 Å². The average Bonchev–Trinajstić information content (AvgIpc) is 3.17. The molecule has 0 spiro atoms. The summed E-state index contributed by atoms with van der Waals surface area (Å²) in [6.07, 6.45) is 0.705. The molecule has 0 bridgehead atoms. The molecule has 1 heterocycles. The number of hydrogen-bond donors (Lipinski definition) is 2. The zero-order valence-electron chi connectivity index (χ0n) is 14.2. The highest BCUT2D eigenvalue weighted by Gasteiger charge is 2.18. The number of halogens is 1. The van der Waals surface area contributed by atoms with Crippen LogP contribution in [-0.2, 0) is 16.4 Å². The van der Waals surface area contributed by atoms with Gasteiger partial charge in [0.2, 0.25) is 0 Å². The van der Waals surface area contributed by atoms with Crippen LogP contribution in [0.4, 0.5) is 10.1 Å². The average molecular weight is 404 g/mol. The van der Waals surface area contributed by atoms with Gasteiger partial charge in [0, 0.05) is 17.0 Å². The van der Waals surface area contributed by atoms with E-state index in [1.807, 2.05) is 17.5 Å². The molecule has 0 aliphatic carbocycles. The molecule has 2 aromatic carbocycles. The van der Waals surface area contributed by atoms with E-state index in [1.165, 1.54) is 42.5 Å². The van der Waals surface area contributed by atoms with Crippen molar-refractivity contribution in [1.82, 2.24) is 5.32 Å². The van der Waals surface area contributed by atoms with E-state index in [0.29, 0.717) is 13.0 Å². The number of thiophene rings is 1. The third kappa shape index (κ3) is 4.93. The predicted molar refractivity (Wildman–Crippen MR) is 104 cm³/mol. The zero-order valence-corrected chi connectivity index (χ0v) is 15.8. The van der Waals surface area contributed by atoms with Crippen LogP contribution in [0.2, 0.25) is 0 Å². The minimum absolute atomic E-state index is 0.114. The first kappa shape index (κ1) is 19.1. The standard InChI is InChI=1S/C19H17FN2O3S2/c20-17-8-1-2-9-18(17)22-27(24,25)16-7-3-5-14(13-16)19(23)21-11-10-15-6-4-12-26-15/h1-9,12-13,22H,10-11H2,(H,21,23). The number of carbonyl (C=O) groups excluding carboxylic acids is 1. The van der Waals surface area contributed by atoms with Crippen LogP contribution >= 0.6 is 11.3 Å². The van der Waals surface area contributed by atoms with E-state index in [-0.39, 0.29) is 22.1 Å². The van der Waals surface area contributed by atoms with Crippen LogP contribution < -0.4 is 10.0 Å². The summed E-state index contributed by atoms with van der Waals surface area (Å²) in [7, 11) is -4.02. The van der Waals surface area contributed by atoms with Crippen LogP contribution in [0.25, 0.3) is 0 Å². The Bertz CT molecular complexity index is 1030. The van der Waals surface area contributed by atoms with Gasteiger partial charge in [0.1, 0.15) is 5.82 Å². The van der Waals surface area contributed by atoms with Crippen molar-refractivity contribution in [3.8, 4) is 0 Å². The minimum Gasteiger partial charge on any atom is -0.352 e. The Morgan fingerprint density at radius 1 is 1.04 bits per heavy atom. The molecule has 0 fully saturated rings. The third-order valence-corrected chi connectivity index (χ3v) is 6.06. The Hall–Kier alpha value is -2.71. The number of benzene rings is 2. The van der Waals surface area contributed by atoms with Gasteiger partial charge in [-0.2, -0.15) is 0 Å². The van der Waals surface area contributed by atoms with Gasteiger partial charge >= 0.3 is 0 Å². The molecular weight excluding hydrogens is 387 g/mol. The summed E-state index contributed by atoms with van der Waals surface area (Å²) in [5.74, 6) is -1.04. The number of sulfonamides is 1. The van der Waals surface area contributed by atoms with Gasteiger partial charge in [0.25, 0.3) is 15.9 Å². The molecule has 0 radical (unpaired) electrons. The molecule has 1 amide bonds. The van der Waals surface area contributed by atoms with Gasteiger partial charge in [0.15, 0.2) is 0 Å². The normalized spacial score (nSPS) is 11.1. The summed E-state index contributed by atoms with van der Waals surface area (Å²) in [6, 6.07) is 15.0. The van der Waals surface area contributed by atoms with Crippen molar-refractivity contribution in [3.63, 3.8) is 0 Å². The fourth-order valence-electron chi connectivity index (χ4n) is 2.41. The maximum absolute atomic E-state index is 13.7. The van der Waals surface area contributed by atoms with Crippen molar-refractivity contribution in [2.45, 2.75) is 11.3 Å². The first-order valence-corrected chi connectivity index (χ1v) is 10.5. The van der Waals surface area contributed by atoms with Gasteiger partial charge in [-0.1, -0.05) is 24.3 Å². The Labute approximate surface area is 160 Å². The van der Waals surface area contributed by atoms with Gasteiger partial charge in [-0.3, -0.25) is 9.52 Å². The maximum Gasteiger partial charge on any atom is 0.262 e. The lowest BCUT2D eigenvalue weighted by Gasteiger charge is -2.10. The van der Waals surface area contributed by atoms with Gasteiger partial charge in [-0.05, 0) is 48.2 Å². The Morgan fingerprint density at radius 2 is 1.85 bits per heavy atom. The highest BCUT2D eigenvalue weighted by molar-refractivity contribution is 7.92.